The maximum atomic E-state index is 10.5. The smallest absolute Gasteiger partial charge is 0.269 e. The Bertz CT molecular complexity index is 412. The lowest BCUT2D eigenvalue weighted by Gasteiger charge is -2.03. The molecule has 0 saturated carbocycles. The zero-order valence-corrected chi connectivity index (χ0v) is 8.53. The standard InChI is InChI=1S/C10H8ClNO3/c1-2-5-15-7-8-6-9(12(13)14)3-4-10(8)11/h1,3-4,6H,5,7H2. The summed E-state index contributed by atoms with van der Waals surface area (Å²) in [5, 5.41) is 10.9. The van der Waals surface area contributed by atoms with Gasteiger partial charge in [0.05, 0.1) is 11.5 Å². The van der Waals surface area contributed by atoms with Gasteiger partial charge in [0.1, 0.15) is 6.61 Å². The van der Waals surface area contributed by atoms with Crippen molar-refractivity contribution in [2.24, 2.45) is 0 Å². The van der Waals surface area contributed by atoms with Crippen LogP contribution in [0, 0.1) is 22.5 Å². The molecule has 0 bridgehead atoms. The number of rotatable bonds is 4. The third kappa shape index (κ3) is 3.24. The average Bonchev–Trinajstić information content (AvgIpc) is 2.20. The van der Waals surface area contributed by atoms with Crippen LogP contribution in [-0.4, -0.2) is 11.5 Å². The number of halogens is 1. The zero-order valence-electron chi connectivity index (χ0n) is 7.77. The Morgan fingerprint density at radius 2 is 2.33 bits per heavy atom. The van der Waals surface area contributed by atoms with Crippen LogP contribution in [-0.2, 0) is 11.3 Å². The van der Waals surface area contributed by atoms with Gasteiger partial charge < -0.3 is 4.74 Å². The van der Waals surface area contributed by atoms with Crippen LogP contribution >= 0.6 is 11.6 Å². The van der Waals surface area contributed by atoms with E-state index in [9.17, 15) is 10.1 Å². The van der Waals surface area contributed by atoms with Crippen molar-refractivity contribution < 1.29 is 9.66 Å². The van der Waals surface area contributed by atoms with Gasteiger partial charge in [0.2, 0.25) is 0 Å². The molecule has 1 aromatic carbocycles. The van der Waals surface area contributed by atoms with E-state index in [-0.39, 0.29) is 18.9 Å². The number of nitrogens with zero attached hydrogens (tertiary/aromatic N) is 1. The number of nitro groups is 1. The van der Waals surface area contributed by atoms with Crippen molar-refractivity contribution >= 4 is 17.3 Å². The number of terminal acetylenes is 1. The third-order valence-electron chi connectivity index (χ3n) is 1.68. The molecule has 0 aliphatic heterocycles. The predicted molar refractivity (Wildman–Crippen MR) is 56.6 cm³/mol. The molecule has 1 rings (SSSR count). The lowest BCUT2D eigenvalue weighted by molar-refractivity contribution is -0.384. The third-order valence-corrected chi connectivity index (χ3v) is 2.05. The summed E-state index contributed by atoms with van der Waals surface area (Å²) in [6, 6.07) is 4.18. The first-order valence-corrected chi connectivity index (χ1v) is 4.47. The summed E-state index contributed by atoms with van der Waals surface area (Å²) < 4.78 is 5.04. The van der Waals surface area contributed by atoms with E-state index in [1.54, 1.807) is 0 Å². The number of hydrogen-bond donors (Lipinski definition) is 0. The van der Waals surface area contributed by atoms with Crippen LogP contribution < -0.4 is 0 Å². The Labute approximate surface area is 92.0 Å². The number of benzene rings is 1. The molecule has 78 valence electrons. The molecule has 0 heterocycles. The largest absolute Gasteiger partial charge is 0.364 e. The predicted octanol–water partition coefficient (Wildman–Crippen LogP) is 2.40. The molecule has 1 aromatic rings. The van der Waals surface area contributed by atoms with Crippen molar-refractivity contribution in [3.05, 3.63) is 38.9 Å². The van der Waals surface area contributed by atoms with Crippen LogP contribution in [0.15, 0.2) is 18.2 Å². The van der Waals surface area contributed by atoms with Crippen LogP contribution in [0.3, 0.4) is 0 Å². The highest BCUT2D eigenvalue weighted by Crippen LogP contribution is 2.22. The van der Waals surface area contributed by atoms with Crippen molar-refractivity contribution in [3.63, 3.8) is 0 Å². The van der Waals surface area contributed by atoms with Gasteiger partial charge in [0.15, 0.2) is 0 Å². The van der Waals surface area contributed by atoms with E-state index < -0.39 is 4.92 Å². The maximum absolute atomic E-state index is 10.5. The number of nitro benzene ring substituents is 1. The Balaban J connectivity index is 2.82. The second-order valence-electron chi connectivity index (χ2n) is 2.73. The van der Waals surface area contributed by atoms with E-state index in [1.165, 1.54) is 18.2 Å². The average molecular weight is 226 g/mol. The van der Waals surface area contributed by atoms with E-state index >= 15 is 0 Å². The van der Waals surface area contributed by atoms with Gasteiger partial charge in [-0.05, 0) is 6.07 Å². The molecule has 0 aliphatic carbocycles. The van der Waals surface area contributed by atoms with Gasteiger partial charge in [-0.3, -0.25) is 10.1 Å². The van der Waals surface area contributed by atoms with E-state index in [2.05, 4.69) is 5.92 Å². The number of ether oxygens (including phenoxy) is 1. The van der Waals surface area contributed by atoms with Gasteiger partial charge >= 0.3 is 0 Å². The summed E-state index contributed by atoms with van der Waals surface area (Å²) in [5.41, 5.74) is 0.542. The van der Waals surface area contributed by atoms with Gasteiger partial charge in [-0.25, -0.2) is 0 Å². The first-order chi connectivity index (χ1) is 7.15. The molecule has 0 amide bonds. The maximum Gasteiger partial charge on any atom is 0.269 e. The summed E-state index contributed by atoms with van der Waals surface area (Å²) in [6.45, 7) is 0.323. The van der Waals surface area contributed by atoms with Crippen molar-refractivity contribution in [3.8, 4) is 12.3 Å². The molecule has 15 heavy (non-hydrogen) atoms. The Morgan fingerprint density at radius 3 is 2.93 bits per heavy atom. The lowest BCUT2D eigenvalue weighted by atomic mass is 10.2. The molecule has 0 unspecified atom stereocenters. The van der Waals surface area contributed by atoms with Crippen molar-refractivity contribution in [1.29, 1.82) is 0 Å². The number of non-ortho nitro benzene ring substituents is 1. The molecule has 5 heteroatoms. The molecule has 0 spiro atoms. The SMILES string of the molecule is C#CCOCc1cc([N+](=O)[O-])ccc1Cl. The zero-order chi connectivity index (χ0) is 11.3. The fourth-order valence-electron chi connectivity index (χ4n) is 1.01. The molecule has 0 aliphatic rings. The van der Waals surface area contributed by atoms with Crippen LogP contribution in [0.5, 0.6) is 0 Å². The van der Waals surface area contributed by atoms with Crippen molar-refractivity contribution in [2.75, 3.05) is 6.61 Å². The minimum Gasteiger partial charge on any atom is -0.364 e. The van der Waals surface area contributed by atoms with Crippen LogP contribution in [0.25, 0.3) is 0 Å². The molecule has 0 saturated heterocycles. The van der Waals surface area contributed by atoms with Gasteiger partial charge in [-0.15, -0.1) is 6.42 Å². The van der Waals surface area contributed by atoms with Crippen molar-refractivity contribution in [2.45, 2.75) is 6.61 Å². The summed E-state index contributed by atoms with van der Waals surface area (Å²) in [5.74, 6) is 2.30. The quantitative estimate of drug-likeness (QED) is 0.342. The van der Waals surface area contributed by atoms with Gasteiger partial charge in [-0.2, -0.15) is 0 Å². The second-order valence-corrected chi connectivity index (χ2v) is 3.14. The first kappa shape index (κ1) is 11.5. The lowest BCUT2D eigenvalue weighted by Crippen LogP contribution is -1.96. The normalized spacial score (nSPS) is 9.60. The number of hydrogen-bond acceptors (Lipinski definition) is 3. The first-order valence-electron chi connectivity index (χ1n) is 4.09. The highest BCUT2D eigenvalue weighted by atomic mass is 35.5. The Morgan fingerprint density at radius 1 is 1.60 bits per heavy atom. The van der Waals surface area contributed by atoms with E-state index in [0.29, 0.717) is 10.6 Å². The molecule has 0 atom stereocenters. The van der Waals surface area contributed by atoms with E-state index in [0.717, 1.165) is 0 Å². The summed E-state index contributed by atoms with van der Waals surface area (Å²) in [4.78, 5) is 10.00. The van der Waals surface area contributed by atoms with Crippen molar-refractivity contribution in [1.82, 2.24) is 0 Å². The minimum absolute atomic E-state index is 0.0151. The molecule has 0 aromatic heterocycles. The molecule has 4 nitrogen and oxygen atoms in total. The van der Waals surface area contributed by atoms with Crippen LogP contribution in [0.1, 0.15) is 5.56 Å². The van der Waals surface area contributed by atoms with Crippen LogP contribution in [0.2, 0.25) is 5.02 Å². The molecule has 0 fully saturated rings. The van der Waals surface area contributed by atoms with Gasteiger partial charge in [-0.1, -0.05) is 17.5 Å². The second kappa shape index (κ2) is 5.35. The van der Waals surface area contributed by atoms with E-state index in [1.807, 2.05) is 0 Å². The topological polar surface area (TPSA) is 52.4 Å². The molecular weight excluding hydrogens is 218 g/mol. The fourth-order valence-corrected chi connectivity index (χ4v) is 1.18. The minimum atomic E-state index is -0.485. The molecule has 0 radical (unpaired) electrons. The summed E-state index contributed by atoms with van der Waals surface area (Å²) >= 11 is 5.83. The Kier molecular flexibility index (Phi) is 4.10. The fraction of sp³-hybridized carbons (Fsp3) is 0.200. The molecule has 0 N–H and O–H groups in total. The van der Waals surface area contributed by atoms with E-state index in [4.69, 9.17) is 22.8 Å². The summed E-state index contributed by atoms with van der Waals surface area (Å²) in [6.07, 6.45) is 4.99. The van der Waals surface area contributed by atoms with Gasteiger partial charge in [0.25, 0.3) is 5.69 Å². The Hall–Kier alpha value is -1.57. The molecular formula is C10H8ClNO3. The summed E-state index contributed by atoms with van der Waals surface area (Å²) in [7, 11) is 0. The van der Waals surface area contributed by atoms with Gasteiger partial charge in [0, 0.05) is 22.7 Å². The highest BCUT2D eigenvalue weighted by molar-refractivity contribution is 6.31. The van der Waals surface area contributed by atoms with Crippen LogP contribution in [0.4, 0.5) is 5.69 Å². The highest BCUT2D eigenvalue weighted by Gasteiger charge is 2.09. The monoisotopic (exact) mass is 225 g/mol.